The van der Waals surface area contributed by atoms with Gasteiger partial charge in [-0.25, -0.2) is 4.98 Å². The number of rotatable bonds is 5. The minimum Gasteiger partial charge on any atom is -0.332 e. The molecule has 0 radical (unpaired) electrons. The summed E-state index contributed by atoms with van der Waals surface area (Å²) in [6.45, 7) is 4.68. The van der Waals surface area contributed by atoms with Gasteiger partial charge in [0, 0.05) is 26.0 Å². The zero-order chi connectivity index (χ0) is 14.0. The fourth-order valence-electron chi connectivity index (χ4n) is 2.05. The highest BCUT2D eigenvalue weighted by Gasteiger charge is 2.19. The maximum absolute atomic E-state index is 12.2. The first-order chi connectivity index (χ1) is 9.08. The van der Waals surface area contributed by atoms with Gasteiger partial charge in [0.15, 0.2) is 5.82 Å². The Labute approximate surface area is 117 Å². The molecule has 0 saturated carbocycles. The van der Waals surface area contributed by atoms with E-state index in [9.17, 15) is 4.79 Å². The lowest BCUT2D eigenvalue weighted by molar-refractivity contribution is 0.0977. The molecule has 0 atom stereocenters. The van der Waals surface area contributed by atoms with E-state index >= 15 is 0 Å². The topological polar surface area (TPSA) is 52.7 Å². The number of hydrogen-bond donors (Lipinski definition) is 0. The quantitative estimate of drug-likeness (QED) is 0.790. The van der Waals surface area contributed by atoms with E-state index in [1.165, 1.54) is 0 Å². The normalized spacial score (nSPS) is 10.9. The summed E-state index contributed by atoms with van der Waals surface area (Å²) in [4.78, 5) is 16.3. The van der Waals surface area contributed by atoms with Gasteiger partial charge in [-0.05, 0) is 13.3 Å². The number of carbonyl (C=O) groups is 1. The molecular weight excluding hydrogens is 264 g/mol. The monoisotopic (exact) mass is 280 g/mol. The van der Waals surface area contributed by atoms with Crippen molar-refractivity contribution in [3.05, 3.63) is 34.6 Å². The molecule has 2 heterocycles. The third-order valence-electron chi connectivity index (χ3n) is 3.09. The van der Waals surface area contributed by atoms with Crippen LogP contribution in [0.3, 0.4) is 0 Å². The van der Waals surface area contributed by atoms with Gasteiger partial charge in [0.1, 0.15) is 0 Å². The standard InChI is InChI=1S/C13H17ClN4O/c1-4-9-12(14)10(18(5-2)16-9)8-11(19)13-15-6-7-17(13)3/h6-7H,4-5,8H2,1-3H3. The fraction of sp³-hybridized carbons (Fsp3) is 0.462. The molecule has 0 amide bonds. The van der Waals surface area contributed by atoms with Gasteiger partial charge in [-0.2, -0.15) is 5.10 Å². The molecule has 5 nitrogen and oxygen atoms in total. The van der Waals surface area contributed by atoms with Crippen molar-refractivity contribution in [2.75, 3.05) is 0 Å². The lowest BCUT2D eigenvalue weighted by atomic mass is 10.2. The van der Waals surface area contributed by atoms with Gasteiger partial charge >= 0.3 is 0 Å². The average molecular weight is 281 g/mol. The van der Waals surface area contributed by atoms with Crippen molar-refractivity contribution in [3.8, 4) is 0 Å². The highest BCUT2D eigenvalue weighted by Crippen LogP contribution is 2.22. The van der Waals surface area contributed by atoms with E-state index in [4.69, 9.17) is 11.6 Å². The Balaban J connectivity index is 2.31. The number of Topliss-reactive ketones (excluding diaryl/α,β-unsaturated/α-hetero) is 1. The first-order valence-electron chi connectivity index (χ1n) is 6.33. The van der Waals surface area contributed by atoms with E-state index in [2.05, 4.69) is 10.1 Å². The second-order valence-corrected chi connectivity index (χ2v) is 4.72. The Morgan fingerprint density at radius 3 is 2.68 bits per heavy atom. The van der Waals surface area contributed by atoms with Crippen molar-refractivity contribution < 1.29 is 4.79 Å². The van der Waals surface area contributed by atoms with Crippen molar-refractivity contribution in [2.24, 2.45) is 7.05 Å². The zero-order valence-electron chi connectivity index (χ0n) is 11.4. The Bertz CT molecular complexity index is 600. The fourth-order valence-corrected chi connectivity index (χ4v) is 2.39. The van der Waals surface area contributed by atoms with Crippen molar-refractivity contribution >= 4 is 17.4 Å². The van der Waals surface area contributed by atoms with Crippen molar-refractivity contribution in [3.63, 3.8) is 0 Å². The lowest BCUT2D eigenvalue weighted by Gasteiger charge is -2.05. The van der Waals surface area contributed by atoms with Crippen LogP contribution in [-0.4, -0.2) is 25.1 Å². The van der Waals surface area contributed by atoms with Gasteiger partial charge in [-0.15, -0.1) is 0 Å². The molecule has 0 unspecified atom stereocenters. The van der Waals surface area contributed by atoms with Gasteiger partial charge in [0.25, 0.3) is 0 Å². The van der Waals surface area contributed by atoms with E-state index in [0.717, 1.165) is 17.8 Å². The van der Waals surface area contributed by atoms with Gasteiger partial charge < -0.3 is 4.57 Å². The SMILES string of the molecule is CCc1nn(CC)c(CC(=O)c2nccn2C)c1Cl. The molecule has 0 aliphatic rings. The summed E-state index contributed by atoms with van der Waals surface area (Å²) < 4.78 is 3.51. The van der Waals surface area contributed by atoms with Crippen LogP contribution in [0.15, 0.2) is 12.4 Å². The molecule has 6 heteroatoms. The Kier molecular flexibility index (Phi) is 4.04. The van der Waals surface area contributed by atoms with Crippen molar-refractivity contribution in [1.82, 2.24) is 19.3 Å². The molecule has 2 aromatic heterocycles. The predicted octanol–water partition coefficient (Wildman–Crippen LogP) is 2.28. The van der Waals surface area contributed by atoms with Crippen molar-refractivity contribution in [1.29, 1.82) is 0 Å². The minimum absolute atomic E-state index is 0.0494. The van der Waals surface area contributed by atoms with E-state index in [-0.39, 0.29) is 12.2 Å². The summed E-state index contributed by atoms with van der Waals surface area (Å²) >= 11 is 6.29. The number of aryl methyl sites for hydroxylation is 3. The summed E-state index contributed by atoms with van der Waals surface area (Å²) in [6, 6.07) is 0. The highest BCUT2D eigenvalue weighted by atomic mass is 35.5. The number of aromatic nitrogens is 4. The van der Waals surface area contributed by atoms with Gasteiger partial charge in [0.2, 0.25) is 5.78 Å². The predicted molar refractivity (Wildman–Crippen MR) is 73.5 cm³/mol. The van der Waals surface area contributed by atoms with Crippen LogP contribution >= 0.6 is 11.6 Å². The van der Waals surface area contributed by atoms with Crippen LogP contribution in [0.2, 0.25) is 5.02 Å². The molecule has 0 N–H and O–H groups in total. The molecule has 0 saturated heterocycles. The van der Waals surface area contributed by atoms with Crippen LogP contribution in [0, 0.1) is 0 Å². The number of nitrogens with zero attached hydrogens (tertiary/aromatic N) is 4. The van der Waals surface area contributed by atoms with Crippen LogP contribution < -0.4 is 0 Å². The van der Waals surface area contributed by atoms with Gasteiger partial charge in [-0.1, -0.05) is 18.5 Å². The number of halogens is 1. The maximum Gasteiger partial charge on any atom is 0.204 e. The summed E-state index contributed by atoms with van der Waals surface area (Å²) in [7, 11) is 1.80. The number of carbonyl (C=O) groups excluding carboxylic acids is 1. The molecule has 0 bridgehead atoms. The summed E-state index contributed by atoms with van der Waals surface area (Å²) in [5, 5.41) is 5.01. The molecule has 0 fully saturated rings. The molecule has 2 rings (SSSR count). The molecule has 2 aromatic rings. The van der Waals surface area contributed by atoms with Crippen molar-refractivity contribution in [2.45, 2.75) is 33.2 Å². The van der Waals surface area contributed by atoms with E-state index in [1.54, 1.807) is 28.7 Å². The molecule has 0 spiro atoms. The lowest BCUT2D eigenvalue weighted by Crippen LogP contribution is -2.13. The molecule has 102 valence electrons. The molecule has 19 heavy (non-hydrogen) atoms. The zero-order valence-corrected chi connectivity index (χ0v) is 12.1. The van der Waals surface area contributed by atoms with E-state index in [0.29, 0.717) is 17.4 Å². The van der Waals surface area contributed by atoms with Gasteiger partial charge in [0.05, 0.1) is 22.8 Å². The van der Waals surface area contributed by atoms with Gasteiger partial charge in [-0.3, -0.25) is 9.48 Å². The molecule has 0 aromatic carbocycles. The molecular formula is C13H17ClN4O. The first kappa shape index (κ1) is 13.8. The summed E-state index contributed by atoms with van der Waals surface area (Å²) in [6.07, 6.45) is 4.35. The molecule has 0 aliphatic carbocycles. The van der Waals surface area contributed by atoms with E-state index in [1.807, 2.05) is 13.8 Å². The van der Waals surface area contributed by atoms with Crippen LogP contribution in [0.4, 0.5) is 0 Å². The number of hydrogen-bond acceptors (Lipinski definition) is 3. The second kappa shape index (κ2) is 5.57. The first-order valence-corrected chi connectivity index (χ1v) is 6.70. The Hall–Kier alpha value is -1.62. The average Bonchev–Trinajstić information content (AvgIpc) is 2.95. The smallest absolute Gasteiger partial charge is 0.204 e. The maximum atomic E-state index is 12.2. The van der Waals surface area contributed by atoms with E-state index < -0.39 is 0 Å². The van der Waals surface area contributed by atoms with Crippen LogP contribution in [0.25, 0.3) is 0 Å². The number of imidazole rings is 1. The summed E-state index contributed by atoms with van der Waals surface area (Å²) in [5.74, 6) is 0.393. The van der Waals surface area contributed by atoms with Crippen LogP contribution in [0.5, 0.6) is 0 Å². The minimum atomic E-state index is -0.0494. The Morgan fingerprint density at radius 1 is 1.42 bits per heavy atom. The van der Waals surface area contributed by atoms with Crippen LogP contribution in [0.1, 0.15) is 35.9 Å². The third-order valence-corrected chi connectivity index (χ3v) is 3.53. The Morgan fingerprint density at radius 2 is 2.16 bits per heavy atom. The summed E-state index contributed by atoms with van der Waals surface area (Å²) in [5.41, 5.74) is 1.61. The second-order valence-electron chi connectivity index (χ2n) is 4.34. The third kappa shape index (κ3) is 2.56. The molecule has 0 aliphatic heterocycles. The largest absolute Gasteiger partial charge is 0.332 e. The van der Waals surface area contributed by atoms with Crippen LogP contribution in [-0.2, 0) is 26.4 Å². The highest BCUT2D eigenvalue weighted by molar-refractivity contribution is 6.32. The number of ketones is 1.